The fraction of sp³-hybridized carbons (Fsp3) is 0.385. The molecule has 0 unspecified atom stereocenters. The molecule has 0 spiro atoms. The normalized spacial score (nSPS) is 16.6. The van der Waals surface area contributed by atoms with Gasteiger partial charge < -0.3 is 24.7 Å². The first-order valence-electron chi connectivity index (χ1n) is 11.6. The van der Waals surface area contributed by atoms with Crippen LogP contribution in [0.4, 0.5) is 0 Å². The molecule has 1 saturated carbocycles. The fourth-order valence-electron chi connectivity index (χ4n) is 4.33. The average molecular weight is 448 g/mol. The number of hydrogen-bond donors (Lipinski definition) is 2. The van der Waals surface area contributed by atoms with Gasteiger partial charge in [-0.3, -0.25) is 9.59 Å². The molecule has 3 aromatic rings. The lowest BCUT2D eigenvalue weighted by molar-refractivity contribution is -0.134. The molecule has 7 heteroatoms. The van der Waals surface area contributed by atoms with Gasteiger partial charge in [-0.2, -0.15) is 0 Å². The first-order chi connectivity index (χ1) is 16.1. The summed E-state index contributed by atoms with van der Waals surface area (Å²) in [5.41, 5.74) is 2.52. The van der Waals surface area contributed by atoms with Gasteiger partial charge in [0.25, 0.3) is 5.91 Å². The first kappa shape index (κ1) is 21.4. The van der Waals surface area contributed by atoms with Gasteiger partial charge in [-0.05, 0) is 61.4 Å². The zero-order valence-electron chi connectivity index (χ0n) is 18.8. The van der Waals surface area contributed by atoms with E-state index in [1.165, 1.54) is 0 Å². The minimum absolute atomic E-state index is 0.105. The van der Waals surface area contributed by atoms with Crippen LogP contribution < -0.4 is 14.8 Å². The summed E-state index contributed by atoms with van der Waals surface area (Å²) in [6.07, 6.45) is 3.89. The van der Waals surface area contributed by atoms with Crippen LogP contribution in [0.2, 0.25) is 0 Å². The number of likely N-dealkylation sites (tertiary alicyclic amines) is 1. The molecule has 1 aliphatic carbocycles. The highest BCUT2D eigenvalue weighted by Gasteiger charge is 2.35. The molecule has 2 amide bonds. The predicted octanol–water partition coefficient (Wildman–Crippen LogP) is 3.89. The van der Waals surface area contributed by atoms with Crippen molar-refractivity contribution in [2.75, 3.05) is 20.2 Å². The number of ether oxygens (including phenoxy) is 2. The monoisotopic (exact) mass is 447 g/mol. The summed E-state index contributed by atoms with van der Waals surface area (Å²) in [5, 5.41) is 4.00. The minimum atomic E-state index is -0.135. The Hall–Kier alpha value is -3.48. The second-order valence-corrected chi connectivity index (χ2v) is 8.87. The fourth-order valence-corrected chi connectivity index (χ4v) is 4.33. The zero-order chi connectivity index (χ0) is 22.8. The van der Waals surface area contributed by atoms with Gasteiger partial charge in [-0.25, -0.2) is 0 Å². The maximum atomic E-state index is 12.6. The van der Waals surface area contributed by atoms with Crippen LogP contribution in [0, 0.1) is 5.92 Å². The Labute approximate surface area is 193 Å². The van der Waals surface area contributed by atoms with Crippen LogP contribution >= 0.6 is 0 Å². The van der Waals surface area contributed by atoms with Crippen molar-refractivity contribution in [3.8, 4) is 11.5 Å². The Morgan fingerprint density at radius 3 is 2.42 bits per heavy atom. The molecular formula is C26H29N3O4. The van der Waals surface area contributed by atoms with Gasteiger partial charge in [-0.15, -0.1) is 0 Å². The van der Waals surface area contributed by atoms with E-state index < -0.39 is 0 Å². The molecule has 7 nitrogen and oxygen atoms in total. The van der Waals surface area contributed by atoms with E-state index >= 15 is 0 Å². The van der Waals surface area contributed by atoms with Gasteiger partial charge in [0.1, 0.15) is 17.6 Å². The second-order valence-electron chi connectivity index (χ2n) is 8.87. The summed E-state index contributed by atoms with van der Waals surface area (Å²) in [5.74, 6) is 2.01. The lowest BCUT2D eigenvalue weighted by Gasteiger charge is -2.32. The van der Waals surface area contributed by atoms with Crippen LogP contribution in [0.25, 0.3) is 10.9 Å². The topological polar surface area (TPSA) is 83.7 Å². The minimum Gasteiger partial charge on any atom is -0.497 e. The molecule has 5 rings (SSSR count). The number of hydrogen-bond acceptors (Lipinski definition) is 4. The van der Waals surface area contributed by atoms with Crippen molar-refractivity contribution in [2.24, 2.45) is 5.92 Å². The quantitative estimate of drug-likeness (QED) is 0.576. The van der Waals surface area contributed by atoms with Gasteiger partial charge in [0.2, 0.25) is 5.91 Å². The van der Waals surface area contributed by atoms with E-state index in [2.05, 4.69) is 10.3 Å². The van der Waals surface area contributed by atoms with E-state index in [0.29, 0.717) is 18.0 Å². The number of carbonyl (C=O) groups excluding carboxylic acids is 2. The molecule has 1 aromatic heterocycles. The number of aromatic amines is 1. The summed E-state index contributed by atoms with van der Waals surface area (Å²) in [4.78, 5) is 30.0. The molecule has 1 aliphatic heterocycles. The molecule has 0 atom stereocenters. The van der Waals surface area contributed by atoms with Gasteiger partial charge >= 0.3 is 0 Å². The number of rotatable bonds is 7. The summed E-state index contributed by atoms with van der Waals surface area (Å²) in [6, 6.07) is 15.1. The maximum Gasteiger partial charge on any atom is 0.251 e. The lowest BCUT2D eigenvalue weighted by atomic mass is 10.1. The molecule has 172 valence electrons. The number of piperidine rings is 1. The Morgan fingerprint density at radius 1 is 1.00 bits per heavy atom. The van der Waals surface area contributed by atoms with Crippen molar-refractivity contribution in [3.63, 3.8) is 0 Å². The number of H-pyrrole nitrogens is 1. The molecule has 33 heavy (non-hydrogen) atoms. The van der Waals surface area contributed by atoms with E-state index in [1.807, 2.05) is 41.3 Å². The third-order valence-electron chi connectivity index (χ3n) is 6.42. The Balaban J connectivity index is 1.11. The smallest absolute Gasteiger partial charge is 0.251 e. The highest BCUT2D eigenvalue weighted by atomic mass is 16.5. The summed E-state index contributed by atoms with van der Waals surface area (Å²) < 4.78 is 11.4. The third-order valence-corrected chi connectivity index (χ3v) is 6.42. The van der Waals surface area contributed by atoms with Crippen LogP contribution in [0.1, 0.15) is 41.7 Å². The largest absolute Gasteiger partial charge is 0.497 e. The Kier molecular flexibility index (Phi) is 5.94. The van der Waals surface area contributed by atoms with Crippen molar-refractivity contribution in [1.29, 1.82) is 0 Å². The molecule has 0 bridgehead atoms. The van der Waals surface area contributed by atoms with Crippen molar-refractivity contribution in [2.45, 2.75) is 38.3 Å². The number of nitrogens with one attached hydrogen (secondary N) is 2. The highest BCUT2D eigenvalue weighted by molar-refractivity contribution is 5.94. The summed E-state index contributed by atoms with van der Waals surface area (Å²) >= 11 is 0. The van der Waals surface area contributed by atoms with E-state index in [9.17, 15) is 9.59 Å². The Morgan fingerprint density at radius 2 is 1.73 bits per heavy atom. The van der Waals surface area contributed by atoms with E-state index in [1.54, 1.807) is 19.2 Å². The van der Waals surface area contributed by atoms with Crippen molar-refractivity contribution < 1.29 is 19.1 Å². The van der Waals surface area contributed by atoms with Gasteiger partial charge in [0, 0.05) is 54.0 Å². The molecule has 1 saturated heterocycles. The van der Waals surface area contributed by atoms with Gasteiger partial charge in [0.15, 0.2) is 0 Å². The number of nitrogens with zero attached hydrogens (tertiary/aromatic N) is 1. The zero-order valence-corrected chi connectivity index (χ0v) is 18.8. The first-order valence-corrected chi connectivity index (χ1v) is 11.6. The number of fused-ring (bicyclic) bond motifs is 1. The number of amides is 2. The van der Waals surface area contributed by atoms with Crippen LogP contribution in [-0.2, 0) is 11.3 Å². The lowest BCUT2D eigenvalue weighted by Crippen LogP contribution is -2.42. The number of carbonyl (C=O) groups is 2. The van der Waals surface area contributed by atoms with Gasteiger partial charge in [0.05, 0.1) is 13.7 Å². The van der Waals surface area contributed by atoms with Crippen molar-refractivity contribution in [1.82, 2.24) is 15.2 Å². The average Bonchev–Trinajstić information content (AvgIpc) is 3.62. The van der Waals surface area contributed by atoms with Gasteiger partial charge in [-0.1, -0.05) is 0 Å². The predicted molar refractivity (Wildman–Crippen MR) is 125 cm³/mol. The molecule has 2 N–H and O–H groups in total. The molecule has 2 aromatic carbocycles. The number of methoxy groups -OCH3 is 1. The standard InChI is InChI=1S/C26H29N3O4/c1-32-23-8-9-24-19(15-23)14-20(28-24)16-27-25(30)17-4-6-21(7-5-17)33-22-10-12-29(13-11-22)26(31)18-2-3-18/h4-9,14-15,18,22,28H,2-3,10-13,16H2,1H3,(H,27,30). The maximum absolute atomic E-state index is 12.6. The van der Waals surface area contributed by atoms with E-state index in [-0.39, 0.29) is 17.9 Å². The van der Waals surface area contributed by atoms with E-state index in [4.69, 9.17) is 9.47 Å². The summed E-state index contributed by atoms with van der Waals surface area (Å²) in [6.45, 7) is 1.94. The second kappa shape index (κ2) is 9.17. The van der Waals surface area contributed by atoms with Crippen LogP contribution in [0.15, 0.2) is 48.5 Å². The van der Waals surface area contributed by atoms with E-state index in [0.717, 1.165) is 66.9 Å². The molecule has 2 heterocycles. The van der Waals surface area contributed by atoms with Crippen LogP contribution in [0.3, 0.4) is 0 Å². The number of aromatic nitrogens is 1. The Bertz CT molecular complexity index is 1140. The SMILES string of the molecule is COc1ccc2[nH]c(CNC(=O)c3ccc(OC4CCN(C(=O)C5CC5)CC4)cc3)cc2c1. The van der Waals surface area contributed by atoms with Crippen molar-refractivity contribution >= 4 is 22.7 Å². The number of benzene rings is 2. The molecule has 2 fully saturated rings. The third kappa shape index (κ3) is 4.97. The molecule has 2 aliphatic rings. The molecular weight excluding hydrogens is 418 g/mol. The molecule has 0 radical (unpaired) electrons. The van der Waals surface area contributed by atoms with Crippen LogP contribution in [0.5, 0.6) is 11.5 Å². The summed E-state index contributed by atoms with van der Waals surface area (Å²) in [7, 11) is 1.64. The van der Waals surface area contributed by atoms with Crippen molar-refractivity contribution in [3.05, 3.63) is 59.8 Å². The van der Waals surface area contributed by atoms with Crippen LogP contribution in [-0.4, -0.2) is 48.0 Å². The highest BCUT2D eigenvalue weighted by Crippen LogP contribution is 2.32.